The van der Waals surface area contributed by atoms with Gasteiger partial charge in [-0.3, -0.25) is 9.10 Å². The summed E-state index contributed by atoms with van der Waals surface area (Å²) in [4.78, 5) is 13.0. The van der Waals surface area contributed by atoms with E-state index in [0.717, 1.165) is 11.3 Å². The first-order valence-electron chi connectivity index (χ1n) is 11.9. The second-order valence-corrected chi connectivity index (χ2v) is 10.3. The van der Waals surface area contributed by atoms with Crippen LogP contribution in [0, 0.1) is 0 Å². The van der Waals surface area contributed by atoms with Gasteiger partial charge in [0.05, 0.1) is 10.6 Å². The van der Waals surface area contributed by atoms with Crippen LogP contribution in [0.2, 0.25) is 0 Å². The third-order valence-electron chi connectivity index (χ3n) is 6.00. The smallest absolute Gasteiger partial charge is 0.264 e. The third kappa shape index (κ3) is 5.59. The summed E-state index contributed by atoms with van der Waals surface area (Å²) in [5, 5.41) is 2.81. The number of hydrogen-bond acceptors (Lipinski definition) is 5. The highest BCUT2D eigenvalue weighted by molar-refractivity contribution is 7.92. The first-order chi connectivity index (χ1) is 18.0. The van der Waals surface area contributed by atoms with Gasteiger partial charge in [-0.1, -0.05) is 42.5 Å². The number of benzene rings is 4. The fourth-order valence-electron chi connectivity index (χ4n) is 4.16. The van der Waals surface area contributed by atoms with Gasteiger partial charge in [0.2, 0.25) is 0 Å². The lowest BCUT2D eigenvalue weighted by Gasteiger charge is -2.19. The lowest BCUT2D eigenvalue weighted by Crippen LogP contribution is -2.29. The summed E-state index contributed by atoms with van der Waals surface area (Å²) < 4.78 is 39.2. The molecule has 0 unspecified atom stereocenters. The highest BCUT2D eigenvalue weighted by Gasteiger charge is 2.30. The second kappa shape index (κ2) is 10.8. The average molecular weight is 515 g/mol. The Morgan fingerprint density at radius 3 is 2.24 bits per heavy atom. The highest BCUT2D eigenvalue weighted by Crippen LogP contribution is 2.33. The van der Waals surface area contributed by atoms with Crippen molar-refractivity contribution in [2.75, 3.05) is 29.4 Å². The van der Waals surface area contributed by atoms with Crippen molar-refractivity contribution in [1.82, 2.24) is 0 Å². The van der Waals surface area contributed by atoms with Gasteiger partial charge in [0.1, 0.15) is 24.7 Å². The Hall–Kier alpha value is -4.30. The van der Waals surface area contributed by atoms with Gasteiger partial charge in [0.25, 0.3) is 15.9 Å². The van der Waals surface area contributed by atoms with E-state index < -0.39 is 10.0 Å². The van der Waals surface area contributed by atoms with Crippen LogP contribution in [0.5, 0.6) is 11.5 Å². The number of sulfonamides is 1. The SMILES string of the molecule is O=C(Nc1ccc(S(=O)(=O)N2CCc3ccccc32)cc1)c1cccc(OCCOc2ccccc2)c1. The van der Waals surface area contributed by atoms with Gasteiger partial charge >= 0.3 is 0 Å². The number of ether oxygens (including phenoxy) is 2. The van der Waals surface area contributed by atoms with E-state index in [9.17, 15) is 13.2 Å². The molecule has 188 valence electrons. The van der Waals surface area contributed by atoms with Crippen molar-refractivity contribution >= 4 is 27.3 Å². The molecule has 0 saturated heterocycles. The number of nitrogens with zero attached hydrogens (tertiary/aromatic N) is 1. The Morgan fingerprint density at radius 2 is 1.46 bits per heavy atom. The standard InChI is InChI=1S/C29H26N2O5S/c32-29(23-8-6-11-26(21-23)36-20-19-35-25-9-2-1-3-10-25)30-24-13-15-27(16-14-24)37(33,34)31-18-17-22-7-4-5-12-28(22)31/h1-16,21H,17-20H2,(H,30,32). The fourth-order valence-corrected chi connectivity index (χ4v) is 5.66. The minimum absolute atomic E-state index is 0.176. The first kappa shape index (κ1) is 24.4. The number of amides is 1. The summed E-state index contributed by atoms with van der Waals surface area (Å²) in [5.41, 5.74) is 2.65. The summed E-state index contributed by atoms with van der Waals surface area (Å²) in [5.74, 6) is 0.995. The predicted octanol–water partition coefficient (Wildman–Crippen LogP) is 5.15. The third-order valence-corrected chi connectivity index (χ3v) is 7.83. The number of fused-ring (bicyclic) bond motifs is 1. The molecule has 0 fully saturated rings. The van der Waals surface area contributed by atoms with E-state index in [1.807, 2.05) is 54.6 Å². The maximum absolute atomic E-state index is 13.2. The van der Waals surface area contributed by atoms with Crippen LogP contribution in [-0.2, 0) is 16.4 Å². The van der Waals surface area contributed by atoms with E-state index >= 15 is 0 Å². The summed E-state index contributed by atoms with van der Waals surface area (Å²) in [6, 6.07) is 30.0. The number of para-hydroxylation sites is 2. The molecule has 1 N–H and O–H groups in total. The predicted molar refractivity (Wildman–Crippen MR) is 143 cm³/mol. The highest BCUT2D eigenvalue weighted by atomic mass is 32.2. The number of carbonyl (C=O) groups excluding carboxylic acids is 1. The number of rotatable bonds is 9. The van der Waals surface area contributed by atoms with Crippen molar-refractivity contribution in [1.29, 1.82) is 0 Å². The topological polar surface area (TPSA) is 84.9 Å². The molecule has 4 aromatic carbocycles. The molecule has 0 radical (unpaired) electrons. The van der Waals surface area contributed by atoms with Crippen LogP contribution in [0.25, 0.3) is 0 Å². The molecule has 1 aliphatic heterocycles. The molecule has 1 amide bonds. The molecule has 37 heavy (non-hydrogen) atoms. The molecule has 8 heteroatoms. The Balaban J connectivity index is 1.19. The molecule has 5 rings (SSSR count). The lowest BCUT2D eigenvalue weighted by atomic mass is 10.2. The maximum atomic E-state index is 13.2. The zero-order valence-electron chi connectivity index (χ0n) is 20.0. The molecule has 0 aromatic heterocycles. The van der Waals surface area contributed by atoms with Crippen LogP contribution in [0.4, 0.5) is 11.4 Å². The minimum atomic E-state index is -3.69. The van der Waals surface area contributed by atoms with Gasteiger partial charge in [-0.2, -0.15) is 0 Å². The van der Waals surface area contributed by atoms with Gasteiger partial charge in [0.15, 0.2) is 0 Å². The maximum Gasteiger partial charge on any atom is 0.264 e. The molecule has 1 aliphatic rings. The van der Waals surface area contributed by atoms with Gasteiger partial charge in [0, 0.05) is 17.8 Å². The number of nitrogens with one attached hydrogen (secondary N) is 1. The van der Waals surface area contributed by atoms with E-state index in [4.69, 9.17) is 9.47 Å². The quantitative estimate of drug-likeness (QED) is 0.312. The summed E-state index contributed by atoms with van der Waals surface area (Å²) in [7, 11) is -3.69. The van der Waals surface area contributed by atoms with Crippen LogP contribution in [0.1, 0.15) is 15.9 Å². The van der Waals surface area contributed by atoms with E-state index in [1.165, 1.54) is 16.4 Å². The van der Waals surface area contributed by atoms with Gasteiger partial charge in [-0.05, 0) is 72.6 Å². The van der Waals surface area contributed by atoms with E-state index in [-0.39, 0.29) is 10.8 Å². The molecule has 0 atom stereocenters. The first-order valence-corrected chi connectivity index (χ1v) is 13.4. The molecule has 0 spiro atoms. The number of anilines is 2. The van der Waals surface area contributed by atoms with Crippen LogP contribution in [0.3, 0.4) is 0 Å². The van der Waals surface area contributed by atoms with E-state index in [0.29, 0.717) is 48.9 Å². The summed E-state index contributed by atoms with van der Waals surface area (Å²) in [6.07, 6.45) is 0.687. The molecular formula is C29H26N2O5S. The van der Waals surface area contributed by atoms with E-state index in [1.54, 1.807) is 36.4 Å². The largest absolute Gasteiger partial charge is 0.490 e. The molecule has 0 saturated carbocycles. The molecule has 0 aliphatic carbocycles. The second-order valence-electron chi connectivity index (χ2n) is 8.47. The number of hydrogen-bond donors (Lipinski definition) is 1. The molecule has 7 nitrogen and oxygen atoms in total. The van der Waals surface area contributed by atoms with Crippen molar-refractivity contribution < 1.29 is 22.7 Å². The minimum Gasteiger partial charge on any atom is -0.490 e. The summed E-state index contributed by atoms with van der Waals surface area (Å²) in [6.45, 7) is 1.12. The van der Waals surface area contributed by atoms with Crippen LogP contribution >= 0.6 is 0 Å². The monoisotopic (exact) mass is 514 g/mol. The van der Waals surface area contributed by atoms with Crippen LogP contribution in [0.15, 0.2) is 108 Å². The van der Waals surface area contributed by atoms with Gasteiger partial charge < -0.3 is 14.8 Å². The van der Waals surface area contributed by atoms with Crippen molar-refractivity contribution in [2.24, 2.45) is 0 Å². The Bertz CT molecular complexity index is 1490. The van der Waals surface area contributed by atoms with Crippen molar-refractivity contribution in [3.8, 4) is 11.5 Å². The van der Waals surface area contributed by atoms with Crippen molar-refractivity contribution in [3.63, 3.8) is 0 Å². The van der Waals surface area contributed by atoms with Crippen molar-refractivity contribution in [3.05, 3.63) is 114 Å². The molecule has 0 bridgehead atoms. The lowest BCUT2D eigenvalue weighted by molar-refractivity contribution is 0.102. The fraction of sp³-hybridized carbons (Fsp3) is 0.138. The Labute approximate surface area is 216 Å². The zero-order valence-corrected chi connectivity index (χ0v) is 20.9. The molecule has 1 heterocycles. The normalized spacial score (nSPS) is 12.6. The Morgan fingerprint density at radius 1 is 0.784 bits per heavy atom. The molecule has 4 aromatic rings. The summed E-state index contributed by atoms with van der Waals surface area (Å²) >= 11 is 0. The average Bonchev–Trinajstić information content (AvgIpc) is 3.37. The molecular weight excluding hydrogens is 488 g/mol. The number of carbonyl (C=O) groups is 1. The Kier molecular flexibility index (Phi) is 7.09. The van der Waals surface area contributed by atoms with Crippen LogP contribution < -0.4 is 19.1 Å². The van der Waals surface area contributed by atoms with Crippen molar-refractivity contribution in [2.45, 2.75) is 11.3 Å². The zero-order chi connectivity index (χ0) is 25.7. The van der Waals surface area contributed by atoms with Crippen LogP contribution in [-0.4, -0.2) is 34.1 Å². The van der Waals surface area contributed by atoms with Gasteiger partial charge in [-0.15, -0.1) is 0 Å². The van der Waals surface area contributed by atoms with Gasteiger partial charge in [-0.25, -0.2) is 8.42 Å². The van der Waals surface area contributed by atoms with E-state index in [2.05, 4.69) is 5.32 Å².